The van der Waals surface area contributed by atoms with Gasteiger partial charge >= 0.3 is 5.97 Å². The van der Waals surface area contributed by atoms with Gasteiger partial charge in [-0.3, -0.25) is 19.2 Å². The average Bonchev–Trinajstić information content (AvgIpc) is 2.86. The van der Waals surface area contributed by atoms with Crippen molar-refractivity contribution in [3.63, 3.8) is 0 Å². The summed E-state index contributed by atoms with van der Waals surface area (Å²) in [5, 5.41) is 6.36. The number of aromatic nitrogens is 2. The van der Waals surface area contributed by atoms with Crippen LogP contribution in [0, 0.1) is 5.92 Å². The van der Waals surface area contributed by atoms with E-state index in [4.69, 9.17) is 23.2 Å². The molecule has 0 radical (unpaired) electrons. The smallest absolute Gasteiger partial charge is 0.310 e. The van der Waals surface area contributed by atoms with Crippen LogP contribution < -0.4 is 16.2 Å². The van der Waals surface area contributed by atoms with Crippen molar-refractivity contribution in [1.29, 1.82) is 0 Å². The number of benzene rings is 2. The maximum atomic E-state index is 13.0. The fourth-order valence-corrected chi connectivity index (χ4v) is 3.42. The van der Waals surface area contributed by atoms with Crippen molar-refractivity contribution >= 4 is 41.0 Å². The standard InChI is InChI=1S/C24H22Cl2N4O5/c1-13(24(34)35-2)11-28-23(33)20-27-12-18(22(32)30-20)21(31)29-19(14-3-7-16(25)8-4-14)15-5-9-17(26)10-6-15/h3-10,12-13,19H,11H2,1-2H3,(H,28,33)(H,29,31)(H,27,30,32). The van der Waals surface area contributed by atoms with Crippen LogP contribution in [0.4, 0.5) is 0 Å². The molecule has 0 bridgehead atoms. The third-order valence-electron chi connectivity index (χ3n) is 5.11. The number of hydrogen-bond acceptors (Lipinski definition) is 6. The third kappa shape index (κ3) is 6.68. The van der Waals surface area contributed by atoms with E-state index in [1.165, 1.54) is 7.11 Å². The normalized spacial score (nSPS) is 11.6. The molecule has 3 aromatic rings. The molecule has 0 fully saturated rings. The quantitative estimate of drug-likeness (QED) is 0.394. The van der Waals surface area contributed by atoms with Gasteiger partial charge in [-0.2, -0.15) is 0 Å². The number of carbonyl (C=O) groups is 3. The molecule has 2 amide bonds. The molecule has 2 aromatic carbocycles. The van der Waals surface area contributed by atoms with E-state index in [2.05, 4.69) is 25.3 Å². The van der Waals surface area contributed by atoms with E-state index in [9.17, 15) is 19.2 Å². The molecule has 1 unspecified atom stereocenters. The summed E-state index contributed by atoms with van der Waals surface area (Å²) in [6.07, 6.45) is 1.02. The largest absolute Gasteiger partial charge is 0.469 e. The number of esters is 1. The number of H-pyrrole nitrogens is 1. The highest BCUT2D eigenvalue weighted by atomic mass is 35.5. The number of methoxy groups -OCH3 is 1. The summed E-state index contributed by atoms with van der Waals surface area (Å²) >= 11 is 12.0. The Morgan fingerprint density at radius 2 is 1.51 bits per heavy atom. The van der Waals surface area contributed by atoms with Crippen LogP contribution in [0.15, 0.2) is 59.5 Å². The summed E-state index contributed by atoms with van der Waals surface area (Å²) < 4.78 is 4.60. The predicted molar refractivity (Wildman–Crippen MR) is 131 cm³/mol. The molecule has 9 nitrogen and oxygen atoms in total. The summed E-state index contributed by atoms with van der Waals surface area (Å²) in [5.74, 6) is -2.77. The molecule has 0 spiro atoms. The van der Waals surface area contributed by atoms with Gasteiger partial charge in [0.25, 0.3) is 17.4 Å². The minimum absolute atomic E-state index is 0.0126. The van der Waals surface area contributed by atoms with Gasteiger partial charge in [-0.15, -0.1) is 0 Å². The number of amides is 2. The number of aromatic amines is 1. The van der Waals surface area contributed by atoms with Crippen molar-refractivity contribution in [2.24, 2.45) is 5.92 Å². The lowest BCUT2D eigenvalue weighted by molar-refractivity contribution is -0.144. The lowest BCUT2D eigenvalue weighted by Gasteiger charge is -2.20. The second-order valence-electron chi connectivity index (χ2n) is 7.62. The summed E-state index contributed by atoms with van der Waals surface area (Å²) in [4.78, 5) is 55.5. The fraction of sp³-hybridized carbons (Fsp3) is 0.208. The van der Waals surface area contributed by atoms with Gasteiger partial charge in [0.1, 0.15) is 5.56 Å². The van der Waals surface area contributed by atoms with Crippen molar-refractivity contribution in [3.8, 4) is 0 Å². The first-order valence-electron chi connectivity index (χ1n) is 10.5. The van der Waals surface area contributed by atoms with Crippen LogP contribution in [0.5, 0.6) is 0 Å². The second-order valence-corrected chi connectivity index (χ2v) is 8.49. The molecule has 0 aliphatic heterocycles. The van der Waals surface area contributed by atoms with Gasteiger partial charge in [0.05, 0.1) is 19.1 Å². The Morgan fingerprint density at radius 1 is 0.971 bits per heavy atom. The second kappa shape index (κ2) is 11.6. The van der Waals surface area contributed by atoms with Crippen molar-refractivity contribution in [3.05, 3.63) is 97.6 Å². The van der Waals surface area contributed by atoms with Crippen LogP contribution in [0.3, 0.4) is 0 Å². The van der Waals surface area contributed by atoms with E-state index >= 15 is 0 Å². The lowest BCUT2D eigenvalue weighted by atomic mass is 9.98. The zero-order valence-electron chi connectivity index (χ0n) is 18.8. The molecular formula is C24H22Cl2N4O5. The van der Waals surface area contributed by atoms with Gasteiger partial charge < -0.3 is 20.4 Å². The molecule has 35 heavy (non-hydrogen) atoms. The molecule has 0 saturated carbocycles. The SMILES string of the molecule is COC(=O)C(C)CNC(=O)c1ncc(C(=O)NC(c2ccc(Cl)cc2)c2ccc(Cl)cc2)c(=O)[nH]1. The first-order valence-corrected chi connectivity index (χ1v) is 11.2. The van der Waals surface area contributed by atoms with E-state index in [-0.39, 0.29) is 17.9 Å². The molecule has 0 aliphatic rings. The summed E-state index contributed by atoms with van der Waals surface area (Å²) in [5.41, 5.74) is 0.377. The highest BCUT2D eigenvalue weighted by Gasteiger charge is 2.22. The van der Waals surface area contributed by atoms with E-state index in [0.717, 1.165) is 17.3 Å². The highest BCUT2D eigenvalue weighted by molar-refractivity contribution is 6.30. The van der Waals surface area contributed by atoms with Gasteiger partial charge in [-0.05, 0) is 35.4 Å². The lowest BCUT2D eigenvalue weighted by Crippen LogP contribution is -2.36. The van der Waals surface area contributed by atoms with Gasteiger partial charge in [-0.25, -0.2) is 4.98 Å². The van der Waals surface area contributed by atoms with E-state index in [1.54, 1.807) is 55.5 Å². The highest BCUT2D eigenvalue weighted by Crippen LogP contribution is 2.25. The fourth-order valence-electron chi connectivity index (χ4n) is 3.16. The Morgan fingerprint density at radius 3 is 2.00 bits per heavy atom. The summed E-state index contributed by atoms with van der Waals surface area (Å²) in [7, 11) is 1.24. The van der Waals surface area contributed by atoms with Crippen molar-refractivity contribution < 1.29 is 19.1 Å². The zero-order chi connectivity index (χ0) is 25.5. The van der Waals surface area contributed by atoms with Gasteiger partial charge in [0.15, 0.2) is 5.82 Å². The van der Waals surface area contributed by atoms with Crippen LogP contribution >= 0.6 is 23.2 Å². The summed E-state index contributed by atoms with van der Waals surface area (Å²) in [6, 6.07) is 13.2. The molecule has 182 valence electrons. The number of halogens is 2. The third-order valence-corrected chi connectivity index (χ3v) is 5.62. The first-order chi connectivity index (χ1) is 16.7. The maximum absolute atomic E-state index is 13.0. The topological polar surface area (TPSA) is 130 Å². The van der Waals surface area contributed by atoms with Gasteiger partial charge in [-0.1, -0.05) is 54.4 Å². The molecule has 11 heteroatoms. The Hall–Kier alpha value is -3.69. The van der Waals surface area contributed by atoms with Crippen LogP contribution in [-0.4, -0.2) is 41.4 Å². The first kappa shape index (κ1) is 25.9. The van der Waals surface area contributed by atoms with Crippen molar-refractivity contribution in [1.82, 2.24) is 20.6 Å². The zero-order valence-corrected chi connectivity index (χ0v) is 20.3. The minimum Gasteiger partial charge on any atom is -0.469 e. The Balaban J connectivity index is 1.79. The molecule has 1 heterocycles. The van der Waals surface area contributed by atoms with Crippen molar-refractivity contribution in [2.45, 2.75) is 13.0 Å². The average molecular weight is 517 g/mol. The van der Waals surface area contributed by atoms with Gasteiger partial charge in [0.2, 0.25) is 0 Å². The number of rotatable bonds is 8. The molecule has 0 aliphatic carbocycles. The van der Waals surface area contributed by atoms with Crippen LogP contribution in [0.1, 0.15) is 45.1 Å². The Kier molecular flexibility index (Phi) is 8.62. The molecular weight excluding hydrogens is 495 g/mol. The van der Waals surface area contributed by atoms with Crippen LogP contribution in [0.25, 0.3) is 0 Å². The number of hydrogen-bond donors (Lipinski definition) is 3. The Labute approximate surface area is 210 Å². The molecule has 3 N–H and O–H groups in total. The molecule has 3 rings (SSSR count). The van der Waals surface area contributed by atoms with Crippen molar-refractivity contribution in [2.75, 3.05) is 13.7 Å². The minimum atomic E-state index is -0.797. The number of ether oxygens (including phenoxy) is 1. The monoisotopic (exact) mass is 516 g/mol. The van der Waals surface area contributed by atoms with Crippen LogP contribution in [0.2, 0.25) is 10.0 Å². The van der Waals surface area contributed by atoms with E-state index < -0.39 is 35.3 Å². The van der Waals surface area contributed by atoms with E-state index in [0.29, 0.717) is 10.0 Å². The van der Waals surface area contributed by atoms with E-state index in [1.807, 2.05) is 0 Å². The molecule has 0 saturated heterocycles. The van der Waals surface area contributed by atoms with Crippen LogP contribution in [-0.2, 0) is 9.53 Å². The molecule has 1 aromatic heterocycles. The predicted octanol–water partition coefficient (Wildman–Crippen LogP) is 3.14. The summed E-state index contributed by atoms with van der Waals surface area (Å²) in [6.45, 7) is 1.56. The molecule has 1 atom stereocenters. The maximum Gasteiger partial charge on any atom is 0.310 e. The number of nitrogens with zero attached hydrogens (tertiary/aromatic N) is 1. The number of nitrogens with one attached hydrogen (secondary N) is 3. The number of carbonyl (C=O) groups excluding carboxylic acids is 3. The Bertz CT molecular complexity index is 1230. The van der Waals surface area contributed by atoms with Gasteiger partial charge in [0, 0.05) is 22.8 Å².